The van der Waals surface area contributed by atoms with Crippen LogP contribution in [-0.4, -0.2) is 19.3 Å². The van der Waals surface area contributed by atoms with Crippen molar-refractivity contribution < 1.29 is 17.6 Å². The SMILES string of the molecule is Cc1ccc(S(=O)(=O)Cc2nc(-c3ccc(C(=O)NCc4ccccc4C)cc3)oc2C)cc1. The number of carbonyl (C=O) groups excluding carboxylic acids is 1. The molecule has 0 saturated heterocycles. The van der Waals surface area contributed by atoms with Crippen molar-refractivity contribution in [2.24, 2.45) is 0 Å². The van der Waals surface area contributed by atoms with Crippen LogP contribution in [0.1, 0.15) is 38.5 Å². The van der Waals surface area contributed by atoms with Crippen LogP contribution in [-0.2, 0) is 22.1 Å². The summed E-state index contributed by atoms with van der Waals surface area (Å²) in [5, 5.41) is 2.93. The molecule has 3 aromatic carbocycles. The van der Waals surface area contributed by atoms with Crippen molar-refractivity contribution in [1.29, 1.82) is 0 Å². The first-order chi connectivity index (χ1) is 16.2. The molecule has 34 heavy (non-hydrogen) atoms. The number of carbonyl (C=O) groups is 1. The summed E-state index contributed by atoms with van der Waals surface area (Å²) in [6.07, 6.45) is 0. The van der Waals surface area contributed by atoms with Crippen molar-refractivity contribution in [3.05, 3.63) is 107 Å². The molecule has 6 nitrogen and oxygen atoms in total. The molecule has 0 aliphatic rings. The lowest BCUT2D eigenvalue weighted by Crippen LogP contribution is -2.23. The van der Waals surface area contributed by atoms with Gasteiger partial charge in [-0.3, -0.25) is 4.79 Å². The van der Waals surface area contributed by atoms with Crippen molar-refractivity contribution >= 4 is 15.7 Å². The van der Waals surface area contributed by atoms with E-state index in [0.29, 0.717) is 35.0 Å². The van der Waals surface area contributed by atoms with Gasteiger partial charge in [-0.2, -0.15) is 0 Å². The van der Waals surface area contributed by atoms with Gasteiger partial charge in [0.2, 0.25) is 5.89 Å². The second-order valence-corrected chi connectivity index (χ2v) is 10.3. The van der Waals surface area contributed by atoms with Crippen LogP contribution in [0.2, 0.25) is 0 Å². The van der Waals surface area contributed by atoms with E-state index in [1.165, 1.54) is 0 Å². The predicted molar refractivity (Wildman–Crippen MR) is 131 cm³/mol. The Kier molecular flexibility index (Phi) is 6.65. The van der Waals surface area contributed by atoms with Crippen molar-refractivity contribution in [1.82, 2.24) is 10.3 Å². The molecule has 4 rings (SSSR count). The number of amides is 1. The average molecular weight is 475 g/mol. The van der Waals surface area contributed by atoms with E-state index in [0.717, 1.165) is 16.7 Å². The number of nitrogens with one attached hydrogen (secondary N) is 1. The summed E-state index contributed by atoms with van der Waals surface area (Å²) < 4.78 is 31.3. The predicted octanol–water partition coefficient (Wildman–Crippen LogP) is 5.17. The molecule has 7 heteroatoms. The van der Waals surface area contributed by atoms with E-state index in [1.54, 1.807) is 55.5 Å². The van der Waals surface area contributed by atoms with E-state index in [4.69, 9.17) is 4.42 Å². The maximum absolute atomic E-state index is 12.8. The van der Waals surface area contributed by atoms with Gasteiger partial charge in [-0.1, -0.05) is 42.0 Å². The van der Waals surface area contributed by atoms with Crippen LogP contribution < -0.4 is 5.32 Å². The molecule has 0 atom stereocenters. The molecule has 0 spiro atoms. The minimum Gasteiger partial charge on any atom is -0.441 e. The van der Waals surface area contributed by atoms with Crippen LogP contribution in [0.3, 0.4) is 0 Å². The van der Waals surface area contributed by atoms with E-state index >= 15 is 0 Å². The van der Waals surface area contributed by atoms with E-state index < -0.39 is 9.84 Å². The smallest absolute Gasteiger partial charge is 0.251 e. The molecule has 1 N–H and O–H groups in total. The monoisotopic (exact) mass is 474 g/mol. The highest BCUT2D eigenvalue weighted by Crippen LogP contribution is 2.25. The van der Waals surface area contributed by atoms with Crippen LogP contribution in [0, 0.1) is 20.8 Å². The fourth-order valence-corrected chi connectivity index (χ4v) is 4.89. The summed E-state index contributed by atoms with van der Waals surface area (Å²) in [5.74, 6) is 0.345. The fraction of sp³-hybridized carbons (Fsp3) is 0.185. The van der Waals surface area contributed by atoms with Crippen LogP contribution >= 0.6 is 0 Å². The highest BCUT2D eigenvalue weighted by Gasteiger charge is 2.21. The Morgan fingerprint density at radius 2 is 1.59 bits per heavy atom. The van der Waals surface area contributed by atoms with Gasteiger partial charge in [0.15, 0.2) is 9.84 Å². The Bertz CT molecular complexity index is 1420. The highest BCUT2D eigenvalue weighted by atomic mass is 32.2. The third kappa shape index (κ3) is 5.26. The Morgan fingerprint density at radius 3 is 2.26 bits per heavy atom. The molecule has 0 aliphatic carbocycles. The van der Waals surface area contributed by atoms with Gasteiger partial charge in [0.05, 0.1) is 10.6 Å². The van der Waals surface area contributed by atoms with E-state index in [2.05, 4.69) is 10.3 Å². The molecule has 0 bridgehead atoms. The quantitative estimate of drug-likeness (QED) is 0.399. The maximum Gasteiger partial charge on any atom is 0.251 e. The minimum absolute atomic E-state index is 0.178. The number of rotatable bonds is 7. The van der Waals surface area contributed by atoms with Crippen LogP contribution in [0.25, 0.3) is 11.5 Å². The van der Waals surface area contributed by atoms with Crippen LogP contribution in [0.4, 0.5) is 0 Å². The largest absolute Gasteiger partial charge is 0.441 e. The lowest BCUT2D eigenvalue weighted by Gasteiger charge is -2.08. The highest BCUT2D eigenvalue weighted by molar-refractivity contribution is 7.90. The maximum atomic E-state index is 12.8. The zero-order chi connectivity index (χ0) is 24.3. The summed E-state index contributed by atoms with van der Waals surface area (Å²) in [6, 6.07) is 21.5. The molecule has 0 radical (unpaired) electrons. The fourth-order valence-electron chi connectivity index (χ4n) is 3.54. The number of aromatic nitrogens is 1. The van der Waals surface area contributed by atoms with Crippen molar-refractivity contribution in [3.8, 4) is 11.5 Å². The molecule has 0 fully saturated rings. The number of sulfone groups is 1. The molecule has 1 amide bonds. The molecular formula is C27H26N2O4S. The summed E-state index contributed by atoms with van der Waals surface area (Å²) >= 11 is 0. The number of aryl methyl sites for hydroxylation is 3. The average Bonchev–Trinajstić information content (AvgIpc) is 3.18. The Hall–Kier alpha value is -3.71. The first-order valence-corrected chi connectivity index (χ1v) is 12.6. The molecular weight excluding hydrogens is 448 g/mol. The van der Waals surface area contributed by atoms with Gasteiger partial charge in [0, 0.05) is 17.7 Å². The minimum atomic E-state index is -3.55. The zero-order valence-corrected chi connectivity index (χ0v) is 20.1. The van der Waals surface area contributed by atoms with Gasteiger partial charge in [-0.05, 0) is 68.3 Å². The molecule has 174 valence electrons. The Morgan fingerprint density at radius 1 is 0.912 bits per heavy atom. The van der Waals surface area contributed by atoms with Gasteiger partial charge >= 0.3 is 0 Å². The van der Waals surface area contributed by atoms with Gasteiger partial charge in [-0.25, -0.2) is 13.4 Å². The van der Waals surface area contributed by atoms with E-state index in [9.17, 15) is 13.2 Å². The number of oxazole rings is 1. The third-order valence-electron chi connectivity index (χ3n) is 5.69. The number of benzene rings is 3. The normalized spacial score (nSPS) is 11.4. The first kappa shape index (κ1) is 23.4. The standard InChI is InChI=1S/C27H26N2O4S/c1-18-8-14-24(15-9-18)34(31,32)17-25-20(3)33-27(29-25)22-12-10-21(11-13-22)26(30)28-16-23-7-5-4-6-19(23)2/h4-15H,16-17H2,1-3H3,(H,28,30). The molecule has 1 heterocycles. The van der Waals surface area contributed by atoms with Gasteiger partial charge in [0.25, 0.3) is 5.91 Å². The Labute approximate surface area is 199 Å². The number of hydrogen-bond donors (Lipinski definition) is 1. The molecule has 0 aliphatic heterocycles. The summed E-state index contributed by atoms with van der Waals surface area (Å²) in [6.45, 7) is 6.06. The van der Waals surface area contributed by atoms with E-state index in [1.807, 2.05) is 38.1 Å². The van der Waals surface area contributed by atoms with Crippen LogP contribution in [0.5, 0.6) is 0 Å². The van der Waals surface area contributed by atoms with Crippen molar-refractivity contribution in [3.63, 3.8) is 0 Å². The lowest BCUT2D eigenvalue weighted by atomic mass is 10.1. The third-order valence-corrected chi connectivity index (χ3v) is 7.34. The van der Waals surface area contributed by atoms with Gasteiger partial charge in [0.1, 0.15) is 11.5 Å². The zero-order valence-electron chi connectivity index (χ0n) is 19.3. The summed E-state index contributed by atoms with van der Waals surface area (Å²) in [4.78, 5) is 17.2. The number of nitrogens with zero attached hydrogens (tertiary/aromatic N) is 1. The summed E-state index contributed by atoms with van der Waals surface area (Å²) in [7, 11) is -3.55. The second-order valence-electron chi connectivity index (χ2n) is 8.28. The van der Waals surface area contributed by atoms with Crippen LogP contribution in [0.15, 0.2) is 82.1 Å². The molecule has 0 saturated carbocycles. The molecule has 1 aromatic heterocycles. The second kappa shape index (κ2) is 9.65. The van der Waals surface area contributed by atoms with Crippen molar-refractivity contribution in [2.45, 2.75) is 38.0 Å². The molecule has 0 unspecified atom stereocenters. The van der Waals surface area contributed by atoms with Gasteiger partial charge in [-0.15, -0.1) is 0 Å². The Balaban J connectivity index is 1.46. The summed E-state index contributed by atoms with van der Waals surface area (Å²) in [5.41, 5.74) is 4.73. The van der Waals surface area contributed by atoms with E-state index in [-0.39, 0.29) is 16.6 Å². The molecule has 4 aromatic rings. The van der Waals surface area contributed by atoms with Crippen molar-refractivity contribution in [2.75, 3.05) is 0 Å². The number of hydrogen-bond acceptors (Lipinski definition) is 5. The van der Waals surface area contributed by atoms with Gasteiger partial charge < -0.3 is 9.73 Å². The first-order valence-electron chi connectivity index (χ1n) is 10.9. The topological polar surface area (TPSA) is 89.3 Å². The lowest BCUT2D eigenvalue weighted by molar-refractivity contribution is 0.0951.